The van der Waals surface area contributed by atoms with E-state index in [4.69, 9.17) is 26.4 Å². The predicted octanol–water partition coefficient (Wildman–Crippen LogP) is 5.55. The van der Waals surface area contributed by atoms with Crippen molar-refractivity contribution in [2.45, 2.75) is 6.54 Å². The first kappa shape index (κ1) is 22.9. The third-order valence-electron chi connectivity index (χ3n) is 4.90. The molecule has 0 radical (unpaired) electrons. The van der Waals surface area contributed by atoms with Gasteiger partial charge in [-0.2, -0.15) is 0 Å². The van der Waals surface area contributed by atoms with Crippen LogP contribution in [-0.4, -0.2) is 35.5 Å². The van der Waals surface area contributed by atoms with E-state index in [2.05, 4.69) is 0 Å². The molecule has 0 aromatic heterocycles. The summed E-state index contributed by atoms with van der Waals surface area (Å²) in [4.78, 5) is 15.1. The SMILES string of the molecule is COc1cc(/C=C2/SC(=S)N(Cc3ccccc3)C2=O)ccc1OCCOc1ccccc1. The van der Waals surface area contributed by atoms with Crippen LogP contribution in [0.5, 0.6) is 17.2 Å². The Morgan fingerprint density at radius 1 is 0.909 bits per heavy atom. The highest BCUT2D eigenvalue weighted by atomic mass is 32.2. The summed E-state index contributed by atoms with van der Waals surface area (Å²) in [5.74, 6) is 1.91. The number of thioether (sulfide) groups is 1. The van der Waals surface area contributed by atoms with Gasteiger partial charge in [-0.15, -0.1) is 0 Å². The molecule has 0 aliphatic carbocycles. The van der Waals surface area contributed by atoms with Crippen molar-refractivity contribution >= 4 is 40.3 Å². The zero-order valence-corrected chi connectivity index (χ0v) is 19.7. The van der Waals surface area contributed by atoms with Gasteiger partial charge < -0.3 is 14.2 Å². The summed E-state index contributed by atoms with van der Waals surface area (Å²) in [6.45, 7) is 1.26. The Balaban J connectivity index is 1.39. The number of ether oxygens (including phenoxy) is 3. The number of rotatable bonds is 9. The number of methoxy groups -OCH3 is 1. The summed E-state index contributed by atoms with van der Waals surface area (Å²) in [6, 6.07) is 25.0. The summed E-state index contributed by atoms with van der Waals surface area (Å²) >= 11 is 6.75. The molecular weight excluding hydrogens is 454 g/mol. The summed E-state index contributed by atoms with van der Waals surface area (Å²) in [6.07, 6.45) is 1.83. The highest BCUT2D eigenvalue weighted by Gasteiger charge is 2.32. The van der Waals surface area contributed by atoms with E-state index in [-0.39, 0.29) is 5.91 Å². The number of carbonyl (C=O) groups is 1. The molecule has 0 unspecified atom stereocenters. The second-order valence-electron chi connectivity index (χ2n) is 7.17. The first-order valence-electron chi connectivity index (χ1n) is 10.4. The van der Waals surface area contributed by atoms with Gasteiger partial charge in [0, 0.05) is 0 Å². The fourth-order valence-electron chi connectivity index (χ4n) is 3.27. The molecule has 1 aliphatic heterocycles. The Labute approximate surface area is 203 Å². The van der Waals surface area contributed by atoms with Crippen LogP contribution < -0.4 is 14.2 Å². The first-order chi connectivity index (χ1) is 16.1. The molecule has 1 heterocycles. The van der Waals surface area contributed by atoms with E-state index < -0.39 is 0 Å². The van der Waals surface area contributed by atoms with Crippen LogP contribution >= 0.6 is 24.0 Å². The summed E-state index contributed by atoms with van der Waals surface area (Å²) < 4.78 is 17.5. The Kier molecular flexibility index (Phi) is 7.65. The normalized spacial score (nSPS) is 14.6. The average Bonchev–Trinajstić information content (AvgIpc) is 3.11. The van der Waals surface area contributed by atoms with E-state index in [9.17, 15) is 4.79 Å². The molecule has 3 aromatic rings. The Hall–Kier alpha value is -3.29. The second-order valence-corrected chi connectivity index (χ2v) is 8.85. The number of amides is 1. The van der Waals surface area contributed by atoms with E-state index in [1.165, 1.54) is 11.8 Å². The first-order valence-corrected chi connectivity index (χ1v) is 11.6. The van der Waals surface area contributed by atoms with Crippen LogP contribution in [0.2, 0.25) is 0 Å². The highest BCUT2D eigenvalue weighted by molar-refractivity contribution is 8.26. The Morgan fingerprint density at radius 3 is 2.33 bits per heavy atom. The lowest BCUT2D eigenvalue weighted by atomic mass is 10.1. The van der Waals surface area contributed by atoms with Crippen molar-refractivity contribution in [3.63, 3.8) is 0 Å². The number of benzene rings is 3. The molecule has 0 saturated carbocycles. The molecule has 33 heavy (non-hydrogen) atoms. The van der Waals surface area contributed by atoms with Crippen molar-refractivity contribution in [2.75, 3.05) is 20.3 Å². The van der Waals surface area contributed by atoms with Crippen LogP contribution in [0.3, 0.4) is 0 Å². The molecule has 4 rings (SSSR count). The molecule has 168 valence electrons. The van der Waals surface area contributed by atoms with Gasteiger partial charge in [-0.05, 0) is 41.5 Å². The molecule has 0 spiro atoms. The van der Waals surface area contributed by atoms with Crippen molar-refractivity contribution in [1.82, 2.24) is 4.90 Å². The third kappa shape index (κ3) is 5.94. The van der Waals surface area contributed by atoms with Gasteiger partial charge in [-0.3, -0.25) is 9.69 Å². The van der Waals surface area contributed by atoms with Crippen molar-refractivity contribution in [1.29, 1.82) is 0 Å². The van der Waals surface area contributed by atoms with Crippen molar-refractivity contribution < 1.29 is 19.0 Å². The zero-order valence-electron chi connectivity index (χ0n) is 18.1. The minimum atomic E-state index is -0.0915. The minimum Gasteiger partial charge on any atom is -0.493 e. The average molecular weight is 478 g/mol. The standard InChI is InChI=1S/C26H23NO4S2/c1-29-23-16-20(12-13-22(23)31-15-14-30-21-10-6-3-7-11-21)17-24-25(28)27(26(32)33-24)18-19-8-4-2-5-9-19/h2-13,16-17H,14-15,18H2,1H3/b24-17+. The number of hydrogen-bond acceptors (Lipinski definition) is 6. The van der Waals surface area contributed by atoms with Gasteiger partial charge in [0.05, 0.1) is 18.6 Å². The van der Waals surface area contributed by atoms with Gasteiger partial charge in [0.1, 0.15) is 23.3 Å². The molecule has 7 heteroatoms. The van der Waals surface area contributed by atoms with Gasteiger partial charge in [0.25, 0.3) is 5.91 Å². The fraction of sp³-hybridized carbons (Fsp3) is 0.154. The van der Waals surface area contributed by atoms with Crippen molar-refractivity contribution in [2.24, 2.45) is 0 Å². The minimum absolute atomic E-state index is 0.0915. The number of hydrogen-bond donors (Lipinski definition) is 0. The molecular formula is C26H23NO4S2. The predicted molar refractivity (Wildman–Crippen MR) is 136 cm³/mol. The lowest BCUT2D eigenvalue weighted by Crippen LogP contribution is -2.27. The second kappa shape index (κ2) is 11.0. The number of thiocarbonyl (C=S) groups is 1. The van der Waals surface area contributed by atoms with E-state index in [1.54, 1.807) is 12.0 Å². The van der Waals surface area contributed by atoms with Gasteiger partial charge in [0.2, 0.25) is 0 Å². The van der Waals surface area contributed by atoms with Crippen molar-refractivity contribution in [3.05, 3.63) is 94.9 Å². The quantitative estimate of drug-likeness (QED) is 0.229. The van der Waals surface area contributed by atoms with Gasteiger partial charge >= 0.3 is 0 Å². The van der Waals surface area contributed by atoms with E-state index >= 15 is 0 Å². The fourth-order valence-corrected chi connectivity index (χ4v) is 4.53. The molecule has 1 saturated heterocycles. The Morgan fingerprint density at radius 2 is 1.61 bits per heavy atom. The molecule has 0 atom stereocenters. The number of para-hydroxylation sites is 1. The maximum absolute atomic E-state index is 12.9. The smallest absolute Gasteiger partial charge is 0.266 e. The maximum Gasteiger partial charge on any atom is 0.266 e. The zero-order chi connectivity index (χ0) is 23.0. The molecule has 0 N–H and O–H groups in total. The van der Waals surface area contributed by atoms with E-state index in [0.717, 1.165) is 16.9 Å². The Bertz CT molecular complexity index is 1150. The summed E-state index contributed by atoms with van der Waals surface area (Å²) in [5, 5.41) is 0. The van der Waals surface area contributed by atoms with Crippen LogP contribution in [0.15, 0.2) is 83.8 Å². The maximum atomic E-state index is 12.9. The molecule has 5 nitrogen and oxygen atoms in total. The van der Waals surface area contributed by atoms with E-state index in [1.807, 2.05) is 84.9 Å². The third-order valence-corrected chi connectivity index (χ3v) is 6.27. The highest BCUT2D eigenvalue weighted by Crippen LogP contribution is 2.35. The van der Waals surface area contributed by atoms with Gasteiger partial charge in [-0.1, -0.05) is 78.6 Å². The molecule has 1 amide bonds. The lowest BCUT2D eigenvalue weighted by Gasteiger charge is -2.14. The van der Waals surface area contributed by atoms with Gasteiger partial charge in [0.15, 0.2) is 11.5 Å². The molecule has 0 bridgehead atoms. The molecule has 1 fully saturated rings. The number of nitrogens with zero attached hydrogens (tertiary/aromatic N) is 1. The van der Waals surface area contributed by atoms with Crippen LogP contribution in [0.25, 0.3) is 6.08 Å². The number of carbonyl (C=O) groups excluding carboxylic acids is 1. The van der Waals surface area contributed by atoms with Crippen LogP contribution in [0, 0.1) is 0 Å². The largest absolute Gasteiger partial charge is 0.493 e. The summed E-state index contributed by atoms with van der Waals surface area (Å²) in [7, 11) is 1.59. The van der Waals surface area contributed by atoms with Crippen LogP contribution in [0.4, 0.5) is 0 Å². The topological polar surface area (TPSA) is 48.0 Å². The molecule has 3 aromatic carbocycles. The van der Waals surface area contributed by atoms with E-state index in [0.29, 0.717) is 40.5 Å². The van der Waals surface area contributed by atoms with Gasteiger partial charge in [-0.25, -0.2) is 0 Å². The lowest BCUT2D eigenvalue weighted by molar-refractivity contribution is -0.122. The molecule has 1 aliphatic rings. The van der Waals surface area contributed by atoms with Crippen molar-refractivity contribution in [3.8, 4) is 17.2 Å². The van der Waals surface area contributed by atoms with Crippen LogP contribution in [0.1, 0.15) is 11.1 Å². The monoisotopic (exact) mass is 477 g/mol. The summed E-state index contributed by atoms with van der Waals surface area (Å²) in [5.41, 5.74) is 1.87. The van der Waals surface area contributed by atoms with Crippen LogP contribution in [-0.2, 0) is 11.3 Å².